The number of rotatable bonds is 2. The minimum absolute atomic E-state index is 0.376. The highest BCUT2D eigenvalue weighted by atomic mass is 16.6. The van der Waals surface area contributed by atoms with Crippen molar-refractivity contribution in [2.75, 3.05) is 0 Å². The first-order chi connectivity index (χ1) is 9.00. The molecule has 0 bridgehead atoms. The van der Waals surface area contributed by atoms with Crippen LogP contribution in [0.2, 0.25) is 0 Å². The molecule has 4 nitrogen and oxygen atoms in total. The average molecular weight is 260 g/mol. The number of benzene rings is 2. The van der Waals surface area contributed by atoms with E-state index in [1.807, 2.05) is 30.3 Å². The van der Waals surface area contributed by atoms with Crippen molar-refractivity contribution in [3.8, 4) is 5.75 Å². The van der Waals surface area contributed by atoms with Crippen molar-refractivity contribution in [3.63, 3.8) is 0 Å². The van der Waals surface area contributed by atoms with Gasteiger partial charge in [0, 0.05) is 6.42 Å². The van der Waals surface area contributed by atoms with Crippen molar-refractivity contribution in [3.05, 3.63) is 65.2 Å². The molecule has 0 aromatic heterocycles. The largest absolute Gasteiger partial charge is 0.508 e. The van der Waals surface area contributed by atoms with Crippen LogP contribution in [0.1, 0.15) is 16.7 Å². The normalized spacial score (nSPS) is 9.32. The first-order valence-corrected chi connectivity index (χ1v) is 5.74. The molecule has 2 aromatic rings. The summed E-state index contributed by atoms with van der Waals surface area (Å²) in [5.41, 5.74) is 3.51. The van der Waals surface area contributed by atoms with Gasteiger partial charge in [-0.05, 0) is 29.7 Å². The average Bonchev–Trinajstić information content (AvgIpc) is 2.34. The zero-order valence-corrected chi connectivity index (χ0v) is 10.6. The number of para-hydroxylation sites is 1. The summed E-state index contributed by atoms with van der Waals surface area (Å²) in [5.74, 6) is 0.376. The van der Waals surface area contributed by atoms with E-state index in [2.05, 4.69) is 19.1 Å². The van der Waals surface area contributed by atoms with Crippen LogP contribution in [-0.2, 0) is 6.42 Å². The summed E-state index contributed by atoms with van der Waals surface area (Å²) in [7, 11) is 0. The second-order valence-electron chi connectivity index (χ2n) is 4.01. The Morgan fingerprint density at radius 2 is 1.42 bits per heavy atom. The minimum Gasteiger partial charge on any atom is -0.508 e. The number of phenolic OH excluding ortho intramolecular Hbond substituents is 1. The molecule has 0 fully saturated rings. The first-order valence-electron chi connectivity index (χ1n) is 5.74. The van der Waals surface area contributed by atoms with Gasteiger partial charge in [0.05, 0.1) is 0 Å². The number of phenols is 1. The van der Waals surface area contributed by atoms with E-state index in [9.17, 15) is 5.11 Å². The van der Waals surface area contributed by atoms with E-state index in [1.54, 1.807) is 6.07 Å². The van der Waals surface area contributed by atoms with E-state index in [-0.39, 0.29) is 0 Å². The molecule has 0 amide bonds. The maximum absolute atomic E-state index is 9.66. The minimum atomic E-state index is -1.83. The van der Waals surface area contributed by atoms with Crippen LogP contribution in [-0.4, -0.2) is 21.5 Å². The lowest BCUT2D eigenvalue weighted by molar-refractivity contribution is 0.137. The highest BCUT2D eigenvalue weighted by Crippen LogP contribution is 2.20. The Labute approximate surface area is 111 Å². The summed E-state index contributed by atoms with van der Waals surface area (Å²) in [6, 6.07) is 15.7. The van der Waals surface area contributed by atoms with Crippen LogP contribution in [0.3, 0.4) is 0 Å². The molecule has 0 saturated carbocycles. The molecular formula is C15H16O4. The van der Waals surface area contributed by atoms with E-state index in [0.717, 1.165) is 12.0 Å². The lowest BCUT2D eigenvalue weighted by atomic mass is 10.0. The molecule has 2 aromatic carbocycles. The van der Waals surface area contributed by atoms with Gasteiger partial charge in [-0.3, -0.25) is 0 Å². The van der Waals surface area contributed by atoms with Gasteiger partial charge in [0.2, 0.25) is 0 Å². The number of hydrogen-bond acceptors (Lipinski definition) is 2. The van der Waals surface area contributed by atoms with Gasteiger partial charge in [0.25, 0.3) is 0 Å². The van der Waals surface area contributed by atoms with Gasteiger partial charge in [-0.1, -0.05) is 42.5 Å². The number of aromatic hydroxyl groups is 1. The van der Waals surface area contributed by atoms with E-state index in [0.29, 0.717) is 5.75 Å². The van der Waals surface area contributed by atoms with Crippen LogP contribution in [0.25, 0.3) is 0 Å². The smallest absolute Gasteiger partial charge is 0.503 e. The summed E-state index contributed by atoms with van der Waals surface area (Å²) >= 11 is 0. The van der Waals surface area contributed by atoms with E-state index < -0.39 is 6.16 Å². The third kappa shape index (κ3) is 5.12. The van der Waals surface area contributed by atoms with Crippen molar-refractivity contribution < 1.29 is 20.1 Å². The van der Waals surface area contributed by atoms with Crippen LogP contribution in [0.5, 0.6) is 5.75 Å². The Bertz CT molecular complexity index is 502. The Morgan fingerprint density at radius 3 is 1.95 bits per heavy atom. The van der Waals surface area contributed by atoms with Crippen molar-refractivity contribution in [2.45, 2.75) is 13.3 Å². The SMILES string of the molecule is Cc1ccccc1Cc1ccccc1O.O=C(O)O. The lowest BCUT2D eigenvalue weighted by Gasteiger charge is -2.06. The van der Waals surface area contributed by atoms with Crippen molar-refractivity contribution in [2.24, 2.45) is 0 Å². The monoisotopic (exact) mass is 260 g/mol. The Morgan fingerprint density at radius 1 is 0.947 bits per heavy atom. The summed E-state index contributed by atoms with van der Waals surface area (Å²) in [6.45, 7) is 2.09. The van der Waals surface area contributed by atoms with Crippen LogP contribution >= 0.6 is 0 Å². The van der Waals surface area contributed by atoms with Crippen LogP contribution < -0.4 is 0 Å². The molecule has 0 saturated heterocycles. The highest BCUT2D eigenvalue weighted by Gasteiger charge is 2.02. The molecular weight excluding hydrogens is 244 g/mol. The first kappa shape index (κ1) is 14.6. The lowest BCUT2D eigenvalue weighted by Crippen LogP contribution is -1.91. The molecule has 0 radical (unpaired) electrons. The van der Waals surface area contributed by atoms with E-state index in [4.69, 9.17) is 15.0 Å². The predicted octanol–water partition coefficient (Wildman–Crippen LogP) is 3.51. The summed E-state index contributed by atoms with van der Waals surface area (Å²) in [5, 5.41) is 23.6. The maximum Gasteiger partial charge on any atom is 0.503 e. The molecule has 0 unspecified atom stereocenters. The van der Waals surface area contributed by atoms with Crippen molar-refractivity contribution >= 4 is 6.16 Å². The molecule has 0 aliphatic carbocycles. The molecule has 0 atom stereocenters. The Hall–Kier alpha value is -2.49. The molecule has 3 N–H and O–H groups in total. The third-order valence-corrected chi connectivity index (χ3v) is 2.63. The second-order valence-corrected chi connectivity index (χ2v) is 4.01. The van der Waals surface area contributed by atoms with Crippen molar-refractivity contribution in [1.29, 1.82) is 0 Å². The number of aryl methyl sites for hydroxylation is 1. The fourth-order valence-corrected chi connectivity index (χ4v) is 1.67. The van der Waals surface area contributed by atoms with Crippen LogP contribution in [0.15, 0.2) is 48.5 Å². The van der Waals surface area contributed by atoms with Gasteiger partial charge in [0.15, 0.2) is 0 Å². The van der Waals surface area contributed by atoms with Gasteiger partial charge in [-0.25, -0.2) is 4.79 Å². The maximum atomic E-state index is 9.66. The van der Waals surface area contributed by atoms with Gasteiger partial charge in [0.1, 0.15) is 5.75 Å². The quantitative estimate of drug-likeness (QED) is 0.772. The molecule has 0 spiro atoms. The van der Waals surface area contributed by atoms with Crippen molar-refractivity contribution in [1.82, 2.24) is 0 Å². The Kier molecular flexibility index (Phi) is 5.41. The third-order valence-electron chi connectivity index (χ3n) is 2.63. The summed E-state index contributed by atoms with van der Waals surface area (Å²) in [6.07, 6.45) is -1.04. The fourth-order valence-electron chi connectivity index (χ4n) is 1.67. The second kappa shape index (κ2) is 7.06. The fraction of sp³-hybridized carbons (Fsp3) is 0.133. The van der Waals surface area contributed by atoms with Gasteiger partial charge in [-0.15, -0.1) is 0 Å². The molecule has 2 rings (SSSR count). The number of hydrogen-bond donors (Lipinski definition) is 3. The molecule has 0 heterocycles. The summed E-state index contributed by atoms with van der Waals surface area (Å²) in [4.78, 5) is 8.56. The van der Waals surface area contributed by atoms with E-state index in [1.165, 1.54) is 11.1 Å². The summed E-state index contributed by atoms with van der Waals surface area (Å²) < 4.78 is 0. The molecule has 0 aliphatic heterocycles. The zero-order valence-electron chi connectivity index (χ0n) is 10.6. The van der Waals surface area contributed by atoms with Gasteiger partial charge in [-0.2, -0.15) is 0 Å². The zero-order chi connectivity index (χ0) is 14.3. The predicted molar refractivity (Wildman–Crippen MR) is 72.7 cm³/mol. The Balaban J connectivity index is 0.000000399. The van der Waals surface area contributed by atoms with E-state index >= 15 is 0 Å². The highest BCUT2D eigenvalue weighted by molar-refractivity contribution is 5.53. The molecule has 100 valence electrons. The molecule has 4 heteroatoms. The number of carboxylic acid groups (broad SMARTS) is 2. The number of carbonyl (C=O) groups is 1. The topological polar surface area (TPSA) is 77.8 Å². The van der Waals surface area contributed by atoms with Crippen LogP contribution in [0, 0.1) is 6.92 Å². The molecule has 0 aliphatic rings. The van der Waals surface area contributed by atoms with Gasteiger partial charge >= 0.3 is 6.16 Å². The standard InChI is InChI=1S/C14H14O.CH2O3/c1-11-6-2-3-7-12(11)10-13-8-4-5-9-14(13)15;2-1(3)4/h2-9,15H,10H2,1H3;(H2,2,3,4). The van der Waals surface area contributed by atoms with Gasteiger partial charge < -0.3 is 15.3 Å². The van der Waals surface area contributed by atoms with Crippen LogP contribution in [0.4, 0.5) is 4.79 Å². The molecule has 19 heavy (non-hydrogen) atoms.